The molecular weight excluding hydrogens is 301 g/mol. The molecule has 1 aliphatic heterocycles. The van der Waals surface area contributed by atoms with E-state index in [2.05, 4.69) is 6.08 Å². The van der Waals surface area contributed by atoms with Crippen LogP contribution in [0.25, 0.3) is 6.08 Å². The van der Waals surface area contributed by atoms with Gasteiger partial charge in [-0.2, -0.15) is 0 Å². The van der Waals surface area contributed by atoms with Crippen molar-refractivity contribution in [2.45, 2.75) is 0 Å². The van der Waals surface area contributed by atoms with Gasteiger partial charge >= 0.3 is 0 Å². The Morgan fingerprint density at radius 2 is 1.77 bits per heavy atom. The number of hydrogen-bond donors (Lipinski definition) is 0. The zero-order chi connectivity index (χ0) is 6.81. The summed E-state index contributed by atoms with van der Waals surface area (Å²) >= 11 is 0. The maximum atomic E-state index is 5.34. The van der Waals surface area contributed by atoms with Crippen LogP contribution in [0.1, 0.15) is 5.56 Å². The van der Waals surface area contributed by atoms with E-state index < -0.39 is 0 Å². The van der Waals surface area contributed by atoms with E-state index in [4.69, 9.17) is 4.74 Å². The normalized spacial score (nSPS) is 10.8. The van der Waals surface area contributed by atoms with Gasteiger partial charge < -0.3 is 4.74 Å². The fourth-order valence-electron chi connectivity index (χ4n) is 1.06. The van der Waals surface area contributed by atoms with Crippen LogP contribution in [0.4, 0.5) is 0 Å². The summed E-state index contributed by atoms with van der Waals surface area (Å²) in [5, 5.41) is 0. The summed E-state index contributed by atoms with van der Waals surface area (Å²) in [5.41, 5.74) is 1.17. The predicted octanol–water partition coefficient (Wildman–Crippen LogP) is 2.08. The number of benzene rings is 1. The Bertz CT molecular complexity index is 276. The fourth-order valence-corrected chi connectivity index (χ4v) is 1.06. The largest absolute Gasteiger partial charge is 0.489 e. The van der Waals surface area contributed by atoms with Crippen LogP contribution in [0, 0.1) is 0 Å². The topological polar surface area (TPSA) is 9.23 Å². The zero-order valence-electron chi connectivity index (χ0n) is 6.99. The third-order valence-corrected chi connectivity index (χ3v) is 1.55. The summed E-state index contributed by atoms with van der Waals surface area (Å²) in [6.45, 7) is 0.705. The minimum atomic E-state index is 0. The SMILES string of the molecule is C1=Cc2ccccc2OC1.[Fe].[Fe].[Zn]. The van der Waals surface area contributed by atoms with E-state index in [0.717, 1.165) is 5.75 Å². The number of rotatable bonds is 0. The molecule has 1 aromatic carbocycles. The van der Waals surface area contributed by atoms with E-state index in [0.29, 0.717) is 6.61 Å². The summed E-state index contributed by atoms with van der Waals surface area (Å²) in [6.07, 6.45) is 4.10. The van der Waals surface area contributed by atoms with Crippen LogP contribution in [0.2, 0.25) is 0 Å². The molecule has 0 atom stereocenters. The van der Waals surface area contributed by atoms with Gasteiger partial charge in [-0.05, 0) is 12.1 Å². The fraction of sp³-hybridized carbons (Fsp3) is 0.111. The van der Waals surface area contributed by atoms with Crippen molar-refractivity contribution in [1.29, 1.82) is 0 Å². The third-order valence-electron chi connectivity index (χ3n) is 1.55. The summed E-state index contributed by atoms with van der Waals surface area (Å²) in [6, 6.07) is 8.03. The molecule has 13 heavy (non-hydrogen) atoms. The summed E-state index contributed by atoms with van der Waals surface area (Å²) in [7, 11) is 0. The molecule has 4 heteroatoms. The Morgan fingerprint density at radius 3 is 2.46 bits per heavy atom. The maximum Gasteiger partial charge on any atom is 0.126 e. The first-order chi connectivity index (χ1) is 4.97. The van der Waals surface area contributed by atoms with Gasteiger partial charge in [-0.25, -0.2) is 0 Å². The van der Waals surface area contributed by atoms with Crippen LogP contribution < -0.4 is 4.74 Å². The molecule has 0 aliphatic carbocycles. The van der Waals surface area contributed by atoms with Crippen molar-refractivity contribution in [2.75, 3.05) is 6.61 Å². The van der Waals surface area contributed by atoms with Crippen LogP contribution in [0.3, 0.4) is 0 Å². The van der Waals surface area contributed by atoms with Crippen molar-refractivity contribution >= 4 is 6.08 Å². The van der Waals surface area contributed by atoms with Gasteiger partial charge in [-0.3, -0.25) is 0 Å². The average molecular weight is 309 g/mol. The number of ether oxygens (including phenoxy) is 1. The molecule has 0 saturated heterocycles. The first kappa shape index (κ1) is 15.9. The van der Waals surface area contributed by atoms with E-state index in [1.807, 2.05) is 30.3 Å². The van der Waals surface area contributed by atoms with Gasteiger partial charge in [0, 0.05) is 59.2 Å². The molecule has 0 spiro atoms. The Labute approximate surface area is 112 Å². The van der Waals surface area contributed by atoms with Gasteiger partial charge in [0.2, 0.25) is 0 Å². The molecule has 0 saturated carbocycles. The van der Waals surface area contributed by atoms with Gasteiger partial charge in [0.15, 0.2) is 0 Å². The second kappa shape index (κ2) is 7.79. The van der Waals surface area contributed by atoms with E-state index in [-0.39, 0.29) is 53.6 Å². The van der Waals surface area contributed by atoms with Gasteiger partial charge in [0.25, 0.3) is 0 Å². The van der Waals surface area contributed by atoms with Crippen LogP contribution in [0.5, 0.6) is 5.75 Å². The summed E-state index contributed by atoms with van der Waals surface area (Å²) in [5.74, 6) is 0.991. The Balaban J connectivity index is 0. The smallest absolute Gasteiger partial charge is 0.126 e. The van der Waals surface area contributed by atoms with E-state index in [1.54, 1.807) is 0 Å². The summed E-state index contributed by atoms with van der Waals surface area (Å²) < 4.78 is 5.34. The van der Waals surface area contributed by atoms with Crippen molar-refractivity contribution in [3.05, 3.63) is 35.9 Å². The van der Waals surface area contributed by atoms with E-state index >= 15 is 0 Å². The molecule has 0 bridgehead atoms. The number of hydrogen-bond acceptors (Lipinski definition) is 1. The average Bonchev–Trinajstić information content (AvgIpc) is 2.05. The molecule has 0 radical (unpaired) electrons. The first-order valence-corrected chi connectivity index (χ1v) is 3.35. The van der Waals surface area contributed by atoms with Crippen molar-refractivity contribution in [2.24, 2.45) is 0 Å². The number of fused-ring (bicyclic) bond motifs is 1. The van der Waals surface area contributed by atoms with Crippen molar-refractivity contribution in [1.82, 2.24) is 0 Å². The van der Waals surface area contributed by atoms with Crippen LogP contribution in [0.15, 0.2) is 30.3 Å². The molecule has 1 aliphatic rings. The molecule has 1 heterocycles. The van der Waals surface area contributed by atoms with Gasteiger partial charge in [-0.15, -0.1) is 0 Å². The van der Waals surface area contributed by atoms with Crippen molar-refractivity contribution in [3.63, 3.8) is 0 Å². The van der Waals surface area contributed by atoms with Gasteiger partial charge in [0.1, 0.15) is 12.4 Å². The molecule has 0 amide bonds. The number of para-hydroxylation sites is 1. The molecule has 1 aromatic rings. The second-order valence-corrected chi connectivity index (χ2v) is 2.25. The zero-order valence-corrected chi connectivity index (χ0v) is 12.2. The minimum Gasteiger partial charge on any atom is -0.489 e. The Kier molecular flexibility index (Phi) is 9.52. The molecule has 2 rings (SSSR count). The maximum absolute atomic E-state index is 5.34. The van der Waals surface area contributed by atoms with Crippen molar-refractivity contribution in [3.8, 4) is 5.75 Å². The van der Waals surface area contributed by atoms with Gasteiger partial charge in [-0.1, -0.05) is 24.3 Å². The second-order valence-electron chi connectivity index (χ2n) is 2.25. The quantitative estimate of drug-likeness (QED) is 0.667. The monoisotopic (exact) mass is 308 g/mol. The van der Waals surface area contributed by atoms with E-state index in [9.17, 15) is 0 Å². The Hall–Kier alpha value is 0.422. The summed E-state index contributed by atoms with van der Waals surface area (Å²) in [4.78, 5) is 0. The molecular formula is C9H8Fe2OZn. The molecule has 0 N–H and O–H groups in total. The molecule has 0 aromatic heterocycles. The van der Waals surface area contributed by atoms with Crippen LogP contribution in [-0.4, -0.2) is 6.61 Å². The molecule has 68 valence electrons. The predicted molar refractivity (Wildman–Crippen MR) is 41.0 cm³/mol. The molecule has 1 nitrogen and oxygen atoms in total. The third kappa shape index (κ3) is 3.98. The first-order valence-electron chi connectivity index (χ1n) is 3.35. The van der Waals surface area contributed by atoms with Gasteiger partial charge in [0.05, 0.1) is 0 Å². The van der Waals surface area contributed by atoms with E-state index in [1.165, 1.54) is 5.56 Å². The van der Waals surface area contributed by atoms with Crippen LogP contribution >= 0.6 is 0 Å². The molecule has 0 fully saturated rings. The van der Waals surface area contributed by atoms with Crippen molar-refractivity contribution < 1.29 is 58.4 Å². The Morgan fingerprint density at radius 1 is 1.08 bits per heavy atom. The standard InChI is InChI=1S/C9H8O.2Fe.Zn/c1-2-6-9-8(4-1)5-3-7-10-9;;;/h1-6H,7H2;;;. The van der Waals surface area contributed by atoms with Crippen LogP contribution in [-0.2, 0) is 53.6 Å². The molecule has 0 unspecified atom stereocenters. The minimum absolute atomic E-state index is 0.